The predicted octanol–water partition coefficient (Wildman–Crippen LogP) is 2.81. The molecule has 0 bridgehead atoms. The van der Waals surface area contributed by atoms with Gasteiger partial charge in [-0.15, -0.1) is 0 Å². The predicted molar refractivity (Wildman–Crippen MR) is 91.1 cm³/mol. The van der Waals surface area contributed by atoms with E-state index < -0.39 is 15.8 Å². The summed E-state index contributed by atoms with van der Waals surface area (Å²) < 4.78 is 39.5. The summed E-state index contributed by atoms with van der Waals surface area (Å²) >= 11 is 5.91. The van der Waals surface area contributed by atoms with Gasteiger partial charge in [-0.3, -0.25) is 4.79 Å². The third kappa shape index (κ3) is 4.77. The van der Waals surface area contributed by atoms with Crippen molar-refractivity contribution in [3.05, 3.63) is 59.4 Å². The average molecular weight is 371 g/mol. The molecule has 0 atom stereocenters. The molecule has 1 amide bonds. The van der Waals surface area contributed by atoms with Crippen molar-refractivity contribution in [2.45, 2.75) is 11.8 Å². The van der Waals surface area contributed by atoms with E-state index in [1.54, 1.807) is 24.3 Å². The van der Waals surface area contributed by atoms with E-state index in [0.29, 0.717) is 10.7 Å². The molecule has 0 aromatic heterocycles. The lowest BCUT2D eigenvalue weighted by atomic mass is 10.3. The van der Waals surface area contributed by atoms with Crippen molar-refractivity contribution in [2.75, 3.05) is 18.0 Å². The van der Waals surface area contributed by atoms with Gasteiger partial charge in [-0.2, -0.15) is 0 Å². The van der Waals surface area contributed by atoms with Crippen LogP contribution in [0, 0.1) is 5.82 Å². The molecule has 0 aliphatic heterocycles. The van der Waals surface area contributed by atoms with E-state index in [1.165, 1.54) is 24.0 Å². The first-order chi connectivity index (χ1) is 11.3. The SMILES string of the molecule is CC(=O)N(CCNS(=O)(=O)c1ccc(F)cc1)c1cccc(Cl)c1. The largest absolute Gasteiger partial charge is 0.311 e. The summed E-state index contributed by atoms with van der Waals surface area (Å²) in [5, 5.41) is 0.477. The molecule has 0 unspecified atom stereocenters. The minimum Gasteiger partial charge on any atom is -0.311 e. The Morgan fingerprint density at radius 3 is 2.46 bits per heavy atom. The van der Waals surface area contributed by atoms with E-state index in [1.807, 2.05) is 0 Å². The smallest absolute Gasteiger partial charge is 0.240 e. The fraction of sp³-hybridized carbons (Fsp3) is 0.188. The molecule has 0 spiro atoms. The Balaban J connectivity index is 2.05. The fourth-order valence-corrected chi connectivity index (χ4v) is 3.31. The number of sulfonamides is 1. The molecule has 2 aromatic carbocycles. The third-order valence-electron chi connectivity index (χ3n) is 3.25. The number of benzene rings is 2. The molecule has 0 heterocycles. The molecule has 2 aromatic rings. The Labute approximate surface area is 145 Å². The molecule has 0 saturated heterocycles. The molecule has 0 aliphatic rings. The van der Waals surface area contributed by atoms with E-state index >= 15 is 0 Å². The minimum atomic E-state index is -3.77. The van der Waals surface area contributed by atoms with Crippen molar-refractivity contribution in [2.24, 2.45) is 0 Å². The van der Waals surface area contributed by atoms with E-state index in [9.17, 15) is 17.6 Å². The summed E-state index contributed by atoms with van der Waals surface area (Å²) in [6.07, 6.45) is 0. The Kier molecular flexibility index (Phi) is 5.93. The highest BCUT2D eigenvalue weighted by Crippen LogP contribution is 2.19. The second-order valence-corrected chi connectivity index (χ2v) is 7.21. The Morgan fingerprint density at radius 2 is 1.88 bits per heavy atom. The Bertz CT molecular complexity index is 825. The zero-order valence-corrected chi connectivity index (χ0v) is 14.4. The van der Waals surface area contributed by atoms with Gasteiger partial charge in [0.1, 0.15) is 5.82 Å². The Hall–Kier alpha value is -1.96. The monoisotopic (exact) mass is 370 g/mol. The highest BCUT2D eigenvalue weighted by Gasteiger charge is 2.16. The molecule has 5 nitrogen and oxygen atoms in total. The number of carbonyl (C=O) groups excluding carboxylic acids is 1. The zero-order valence-electron chi connectivity index (χ0n) is 12.9. The average Bonchev–Trinajstić information content (AvgIpc) is 2.51. The van der Waals surface area contributed by atoms with Gasteiger partial charge in [0.05, 0.1) is 4.90 Å². The first-order valence-electron chi connectivity index (χ1n) is 7.08. The normalized spacial score (nSPS) is 11.3. The quantitative estimate of drug-likeness (QED) is 0.850. The number of nitrogens with one attached hydrogen (secondary N) is 1. The number of carbonyl (C=O) groups is 1. The summed E-state index contributed by atoms with van der Waals surface area (Å²) in [6, 6.07) is 11.2. The molecule has 0 radical (unpaired) electrons. The van der Waals surface area contributed by atoms with Crippen LogP contribution in [0.2, 0.25) is 5.02 Å². The van der Waals surface area contributed by atoms with Gasteiger partial charge in [0.25, 0.3) is 0 Å². The van der Waals surface area contributed by atoms with Gasteiger partial charge in [-0.25, -0.2) is 17.5 Å². The van der Waals surface area contributed by atoms with Crippen LogP contribution in [0.5, 0.6) is 0 Å². The van der Waals surface area contributed by atoms with Gasteiger partial charge in [0.2, 0.25) is 15.9 Å². The number of rotatable bonds is 6. The second kappa shape index (κ2) is 7.74. The van der Waals surface area contributed by atoms with Gasteiger partial charge < -0.3 is 4.90 Å². The number of nitrogens with zero attached hydrogens (tertiary/aromatic N) is 1. The van der Waals surface area contributed by atoms with Gasteiger partial charge in [0, 0.05) is 30.7 Å². The van der Waals surface area contributed by atoms with Crippen molar-refractivity contribution in [1.82, 2.24) is 4.72 Å². The summed E-state index contributed by atoms with van der Waals surface area (Å²) in [5.74, 6) is -0.754. The van der Waals surface area contributed by atoms with E-state index in [4.69, 9.17) is 11.6 Å². The number of amides is 1. The molecule has 0 saturated carbocycles. The number of hydrogen-bond acceptors (Lipinski definition) is 3. The van der Waals surface area contributed by atoms with Gasteiger partial charge in [-0.1, -0.05) is 17.7 Å². The maximum atomic E-state index is 12.9. The molecule has 0 fully saturated rings. The van der Waals surface area contributed by atoms with Crippen LogP contribution in [-0.4, -0.2) is 27.4 Å². The van der Waals surface area contributed by atoms with Gasteiger partial charge in [-0.05, 0) is 42.5 Å². The molecular weight excluding hydrogens is 355 g/mol. The highest BCUT2D eigenvalue weighted by atomic mass is 35.5. The molecular formula is C16H16ClFN2O3S. The first kappa shape index (κ1) is 18.4. The standard InChI is InChI=1S/C16H16ClFN2O3S/c1-12(21)20(15-4-2-3-13(17)11-15)10-9-19-24(22,23)16-7-5-14(18)6-8-16/h2-8,11,19H,9-10H2,1H3. The summed E-state index contributed by atoms with van der Waals surface area (Å²) in [6.45, 7) is 1.53. The lowest BCUT2D eigenvalue weighted by Crippen LogP contribution is -2.37. The minimum absolute atomic E-state index is 0.00576. The zero-order chi connectivity index (χ0) is 17.7. The number of anilines is 1. The van der Waals surface area contributed by atoms with E-state index in [0.717, 1.165) is 12.1 Å². The van der Waals surface area contributed by atoms with Crippen molar-refractivity contribution in [1.29, 1.82) is 0 Å². The summed E-state index contributed by atoms with van der Waals surface area (Å²) in [4.78, 5) is 13.2. The first-order valence-corrected chi connectivity index (χ1v) is 8.94. The molecule has 24 heavy (non-hydrogen) atoms. The molecule has 0 aliphatic carbocycles. The second-order valence-electron chi connectivity index (χ2n) is 5.00. The van der Waals surface area contributed by atoms with Crippen molar-refractivity contribution >= 4 is 33.2 Å². The maximum Gasteiger partial charge on any atom is 0.240 e. The lowest BCUT2D eigenvalue weighted by molar-refractivity contribution is -0.116. The number of halogens is 2. The molecule has 8 heteroatoms. The third-order valence-corrected chi connectivity index (χ3v) is 4.96. The molecule has 2 rings (SSSR count). The van der Waals surface area contributed by atoms with Crippen LogP contribution >= 0.6 is 11.6 Å². The highest BCUT2D eigenvalue weighted by molar-refractivity contribution is 7.89. The van der Waals surface area contributed by atoms with Crippen LogP contribution in [0.4, 0.5) is 10.1 Å². The van der Waals surface area contributed by atoms with Crippen molar-refractivity contribution in [3.63, 3.8) is 0 Å². The summed E-state index contributed by atoms with van der Waals surface area (Å²) in [5.41, 5.74) is 0.580. The number of hydrogen-bond donors (Lipinski definition) is 1. The van der Waals surface area contributed by atoms with Crippen molar-refractivity contribution < 1.29 is 17.6 Å². The van der Waals surface area contributed by atoms with E-state index in [2.05, 4.69) is 4.72 Å². The summed E-state index contributed by atoms with van der Waals surface area (Å²) in [7, 11) is -3.77. The Morgan fingerprint density at radius 1 is 1.21 bits per heavy atom. The van der Waals surface area contributed by atoms with Gasteiger partial charge in [0.15, 0.2) is 0 Å². The lowest BCUT2D eigenvalue weighted by Gasteiger charge is -2.21. The van der Waals surface area contributed by atoms with Crippen LogP contribution in [0.15, 0.2) is 53.4 Å². The van der Waals surface area contributed by atoms with Gasteiger partial charge >= 0.3 is 0 Å². The maximum absolute atomic E-state index is 12.9. The topological polar surface area (TPSA) is 66.5 Å². The van der Waals surface area contributed by atoms with E-state index in [-0.39, 0.29) is 23.9 Å². The van der Waals surface area contributed by atoms with Crippen molar-refractivity contribution in [3.8, 4) is 0 Å². The molecule has 128 valence electrons. The van der Waals surface area contributed by atoms with Crippen LogP contribution in [0.1, 0.15) is 6.92 Å². The van der Waals surface area contributed by atoms with Crippen LogP contribution < -0.4 is 9.62 Å². The molecule has 1 N–H and O–H groups in total. The fourth-order valence-electron chi connectivity index (χ4n) is 2.10. The van der Waals surface area contributed by atoms with Crippen LogP contribution in [-0.2, 0) is 14.8 Å². The van der Waals surface area contributed by atoms with Crippen LogP contribution in [0.3, 0.4) is 0 Å². The van der Waals surface area contributed by atoms with Crippen LogP contribution in [0.25, 0.3) is 0 Å².